The molecule has 37 heavy (non-hydrogen) atoms. The number of anilines is 1. The van der Waals surface area contributed by atoms with E-state index in [1.54, 1.807) is 32.2 Å². The van der Waals surface area contributed by atoms with Crippen LogP contribution in [0.4, 0.5) is 5.69 Å². The van der Waals surface area contributed by atoms with Crippen molar-refractivity contribution < 1.29 is 19.1 Å². The molecule has 0 saturated carbocycles. The van der Waals surface area contributed by atoms with Gasteiger partial charge in [0.15, 0.2) is 6.61 Å². The van der Waals surface area contributed by atoms with E-state index in [1.165, 1.54) is 17.7 Å². The van der Waals surface area contributed by atoms with Crippen LogP contribution in [0.15, 0.2) is 72.8 Å². The molecule has 2 amide bonds. The molecule has 5 rings (SSSR count). The van der Waals surface area contributed by atoms with E-state index in [0.717, 1.165) is 36.3 Å². The second-order valence-electron chi connectivity index (χ2n) is 9.62. The van der Waals surface area contributed by atoms with E-state index in [2.05, 4.69) is 46.6 Å². The summed E-state index contributed by atoms with van der Waals surface area (Å²) in [6, 6.07) is 23.0. The number of likely N-dealkylation sites (tertiary alicyclic amines) is 1. The number of methoxy groups -OCH3 is 1. The summed E-state index contributed by atoms with van der Waals surface area (Å²) in [6.07, 6.45) is 2.34. The molecule has 3 aromatic carbocycles. The maximum Gasteiger partial charge on any atom is 0.265 e. The zero-order valence-electron chi connectivity index (χ0n) is 21.4. The summed E-state index contributed by atoms with van der Waals surface area (Å²) in [5, 5.41) is 3.25. The highest BCUT2D eigenvalue weighted by Crippen LogP contribution is 2.36. The Bertz CT molecular complexity index is 1240. The molecule has 0 aliphatic carbocycles. The van der Waals surface area contributed by atoms with Crippen LogP contribution in [0, 0.1) is 0 Å². The number of hydrogen-bond acceptors (Lipinski definition) is 5. The Kier molecular flexibility index (Phi) is 7.42. The molecule has 1 N–H and O–H groups in total. The Morgan fingerprint density at radius 1 is 1.00 bits per heavy atom. The number of ether oxygens (including phenoxy) is 2. The molecule has 3 aromatic rings. The van der Waals surface area contributed by atoms with Crippen LogP contribution < -0.4 is 19.7 Å². The minimum atomic E-state index is -0.716. The highest BCUT2D eigenvalue weighted by Gasteiger charge is 2.34. The van der Waals surface area contributed by atoms with Crippen molar-refractivity contribution in [1.82, 2.24) is 10.2 Å². The third-order valence-electron chi connectivity index (χ3n) is 7.19. The van der Waals surface area contributed by atoms with Gasteiger partial charge in [-0.15, -0.1) is 0 Å². The predicted octanol–water partition coefficient (Wildman–Crippen LogP) is 4.43. The number of rotatable bonds is 8. The molecule has 2 unspecified atom stereocenters. The summed E-state index contributed by atoms with van der Waals surface area (Å²) in [7, 11) is 1.57. The number of fused-ring (bicyclic) bond motifs is 1. The summed E-state index contributed by atoms with van der Waals surface area (Å²) in [5.41, 5.74) is 3.88. The van der Waals surface area contributed by atoms with Gasteiger partial charge in [-0.2, -0.15) is 0 Å². The van der Waals surface area contributed by atoms with Crippen molar-refractivity contribution in [2.24, 2.45) is 0 Å². The van der Waals surface area contributed by atoms with E-state index >= 15 is 0 Å². The lowest BCUT2D eigenvalue weighted by atomic mass is 10.00. The minimum Gasteiger partial charge on any atom is -0.497 e. The van der Waals surface area contributed by atoms with Crippen molar-refractivity contribution in [3.63, 3.8) is 0 Å². The van der Waals surface area contributed by atoms with E-state index in [9.17, 15) is 9.59 Å². The van der Waals surface area contributed by atoms with Gasteiger partial charge >= 0.3 is 0 Å². The molecular formula is C30H33N3O4. The van der Waals surface area contributed by atoms with Crippen molar-refractivity contribution in [3.05, 3.63) is 78.4 Å². The average Bonchev–Trinajstić information content (AvgIpc) is 3.45. The van der Waals surface area contributed by atoms with Gasteiger partial charge in [-0.3, -0.25) is 14.5 Å². The molecular weight excluding hydrogens is 466 g/mol. The van der Waals surface area contributed by atoms with Crippen LogP contribution in [0.3, 0.4) is 0 Å². The monoisotopic (exact) mass is 499 g/mol. The van der Waals surface area contributed by atoms with Crippen LogP contribution in [-0.2, 0) is 9.59 Å². The lowest BCUT2D eigenvalue weighted by Crippen LogP contribution is -2.52. The lowest BCUT2D eigenvalue weighted by molar-refractivity contribution is -0.128. The number of nitrogens with zero attached hydrogens (tertiary/aromatic N) is 2. The van der Waals surface area contributed by atoms with Crippen molar-refractivity contribution in [1.29, 1.82) is 0 Å². The van der Waals surface area contributed by atoms with Crippen LogP contribution in [0.5, 0.6) is 11.5 Å². The molecule has 0 bridgehead atoms. The van der Waals surface area contributed by atoms with Crippen LogP contribution in [0.25, 0.3) is 11.1 Å². The summed E-state index contributed by atoms with van der Waals surface area (Å²) in [4.78, 5) is 30.4. The smallest absolute Gasteiger partial charge is 0.265 e. The zero-order chi connectivity index (χ0) is 25.8. The van der Waals surface area contributed by atoms with Gasteiger partial charge in [0, 0.05) is 12.6 Å². The largest absolute Gasteiger partial charge is 0.497 e. The standard InChI is InChI=1S/C30H33N3O4/c1-21(33-27-18-25(36-2)14-15-28(27)37-20-29(33)34)30(35)31-26(19-32-16-6-7-17-32)24-12-10-23(11-13-24)22-8-4-3-5-9-22/h3-5,8-15,18,21,26H,6-7,16-17,19-20H2,1-2H3,(H,31,35). The van der Waals surface area contributed by atoms with Gasteiger partial charge in [-0.25, -0.2) is 0 Å². The summed E-state index contributed by atoms with van der Waals surface area (Å²) in [6.45, 7) is 4.44. The Labute approximate surface area is 218 Å². The Balaban J connectivity index is 1.38. The molecule has 2 aliphatic heterocycles. The molecule has 7 nitrogen and oxygen atoms in total. The van der Waals surface area contributed by atoms with Gasteiger partial charge in [-0.1, -0.05) is 54.6 Å². The van der Waals surface area contributed by atoms with Gasteiger partial charge < -0.3 is 19.7 Å². The number of benzene rings is 3. The maximum atomic E-state index is 13.6. The fourth-order valence-electron chi connectivity index (χ4n) is 5.11. The molecule has 2 atom stereocenters. The van der Waals surface area contributed by atoms with Crippen LogP contribution in [0.2, 0.25) is 0 Å². The van der Waals surface area contributed by atoms with Gasteiger partial charge in [0.1, 0.15) is 17.5 Å². The van der Waals surface area contributed by atoms with E-state index in [0.29, 0.717) is 17.2 Å². The van der Waals surface area contributed by atoms with E-state index in [4.69, 9.17) is 9.47 Å². The number of amides is 2. The number of hydrogen-bond donors (Lipinski definition) is 1. The summed E-state index contributed by atoms with van der Waals surface area (Å²) in [5.74, 6) is 0.692. The second-order valence-corrected chi connectivity index (χ2v) is 9.62. The normalized spacial score (nSPS) is 17.0. The first-order chi connectivity index (χ1) is 18.0. The van der Waals surface area contributed by atoms with Crippen LogP contribution >= 0.6 is 0 Å². The molecule has 2 heterocycles. The first-order valence-electron chi connectivity index (χ1n) is 12.8. The Morgan fingerprint density at radius 3 is 2.41 bits per heavy atom. The Hall–Kier alpha value is -3.84. The van der Waals surface area contributed by atoms with Gasteiger partial charge in [-0.05, 0) is 61.7 Å². The topological polar surface area (TPSA) is 71.1 Å². The minimum absolute atomic E-state index is 0.102. The molecule has 1 fully saturated rings. The van der Waals surface area contributed by atoms with Gasteiger partial charge in [0.25, 0.3) is 5.91 Å². The first kappa shape index (κ1) is 24.8. The molecule has 2 aliphatic rings. The zero-order valence-corrected chi connectivity index (χ0v) is 21.4. The van der Waals surface area contributed by atoms with Crippen LogP contribution in [0.1, 0.15) is 31.4 Å². The van der Waals surface area contributed by atoms with Crippen molar-refractivity contribution in [3.8, 4) is 22.6 Å². The molecule has 7 heteroatoms. The highest BCUT2D eigenvalue weighted by atomic mass is 16.5. The average molecular weight is 500 g/mol. The molecule has 192 valence electrons. The quantitative estimate of drug-likeness (QED) is 0.497. The lowest BCUT2D eigenvalue weighted by Gasteiger charge is -2.34. The SMILES string of the molecule is COc1ccc2c(c1)N(C(C)C(=O)NC(CN1CCCC1)c1ccc(-c3ccccc3)cc1)C(=O)CO2. The van der Waals surface area contributed by atoms with Gasteiger partial charge in [0.05, 0.1) is 18.8 Å². The fourth-order valence-corrected chi connectivity index (χ4v) is 5.11. The predicted molar refractivity (Wildman–Crippen MR) is 144 cm³/mol. The maximum absolute atomic E-state index is 13.6. The number of carbonyl (C=O) groups excluding carboxylic acids is 2. The van der Waals surface area contributed by atoms with Crippen molar-refractivity contribution >= 4 is 17.5 Å². The fraction of sp³-hybridized carbons (Fsp3) is 0.333. The number of carbonyl (C=O) groups is 2. The molecule has 0 aromatic heterocycles. The summed E-state index contributed by atoms with van der Waals surface area (Å²) < 4.78 is 10.9. The molecule has 1 saturated heterocycles. The highest BCUT2D eigenvalue weighted by molar-refractivity contribution is 6.04. The Morgan fingerprint density at radius 2 is 1.70 bits per heavy atom. The number of nitrogens with one attached hydrogen (secondary N) is 1. The second kappa shape index (κ2) is 11.0. The van der Waals surface area contributed by atoms with Crippen molar-refractivity contribution in [2.75, 3.05) is 38.3 Å². The van der Waals surface area contributed by atoms with E-state index in [-0.39, 0.29) is 24.5 Å². The third-order valence-corrected chi connectivity index (χ3v) is 7.19. The van der Waals surface area contributed by atoms with E-state index < -0.39 is 6.04 Å². The van der Waals surface area contributed by atoms with E-state index in [1.807, 2.05) is 18.2 Å². The van der Waals surface area contributed by atoms with Crippen LogP contribution in [-0.4, -0.2) is 56.1 Å². The third kappa shape index (κ3) is 5.47. The molecule has 0 radical (unpaired) electrons. The summed E-state index contributed by atoms with van der Waals surface area (Å²) >= 11 is 0. The van der Waals surface area contributed by atoms with Crippen molar-refractivity contribution in [2.45, 2.75) is 31.8 Å². The molecule has 0 spiro atoms. The van der Waals surface area contributed by atoms with Gasteiger partial charge in [0.2, 0.25) is 5.91 Å². The first-order valence-corrected chi connectivity index (χ1v) is 12.8.